The molecule has 2 unspecified atom stereocenters. The number of anilines is 1. The Morgan fingerprint density at radius 1 is 1.16 bits per heavy atom. The molecule has 2 aliphatic carbocycles. The summed E-state index contributed by atoms with van der Waals surface area (Å²) < 4.78 is 5.53. The van der Waals surface area contributed by atoms with E-state index < -0.39 is 0 Å². The fourth-order valence-electron chi connectivity index (χ4n) is 3.66. The minimum atomic E-state index is 0.488. The maximum absolute atomic E-state index is 5.99. The van der Waals surface area contributed by atoms with Crippen LogP contribution in [0.2, 0.25) is 5.02 Å². The molecule has 1 aromatic carbocycles. The largest absolute Gasteiger partial charge is 0.380 e. The highest BCUT2D eigenvalue weighted by molar-refractivity contribution is 6.30. The van der Waals surface area contributed by atoms with Gasteiger partial charge >= 0.3 is 0 Å². The zero-order valence-corrected chi connectivity index (χ0v) is 11.2. The first-order valence-corrected chi connectivity index (χ1v) is 7.14. The van der Waals surface area contributed by atoms with Gasteiger partial charge in [0.15, 0.2) is 5.82 Å². The highest BCUT2D eigenvalue weighted by Crippen LogP contribution is 2.64. The third-order valence-corrected chi connectivity index (χ3v) is 4.84. The number of nitrogens with zero attached hydrogens (tertiary/aromatic N) is 1. The van der Waals surface area contributed by atoms with Gasteiger partial charge in [-0.25, -0.2) is 0 Å². The molecule has 19 heavy (non-hydrogen) atoms. The number of rotatable bonds is 2. The Morgan fingerprint density at radius 3 is 2.53 bits per heavy atom. The molecule has 4 rings (SSSR count). The summed E-state index contributed by atoms with van der Waals surface area (Å²) >= 11 is 5.94. The van der Waals surface area contributed by atoms with E-state index in [-0.39, 0.29) is 0 Å². The molecule has 0 bridgehead atoms. The molecule has 0 spiro atoms. The van der Waals surface area contributed by atoms with E-state index in [9.17, 15) is 0 Å². The first-order chi connectivity index (χ1) is 9.25. The standard InChI is InChI=1S/C15H15ClN2O/c16-9-6-4-8(5-7-9)12-14(19-18-15(12)17)13-10-2-1-3-11(10)13/h4-7,10-11,13H,1-3H2,(H2,17,18). The summed E-state index contributed by atoms with van der Waals surface area (Å²) in [6, 6.07) is 7.71. The molecule has 2 aromatic rings. The van der Waals surface area contributed by atoms with Crippen molar-refractivity contribution in [2.45, 2.75) is 25.2 Å². The second kappa shape index (κ2) is 4.01. The van der Waals surface area contributed by atoms with Crippen molar-refractivity contribution < 1.29 is 4.52 Å². The van der Waals surface area contributed by atoms with Gasteiger partial charge in [-0.1, -0.05) is 35.3 Å². The van der Waals surface area contributed by atoms with E-state index in [0.29, 0.717) is 11.7 Å². The molecule has 1 heterocycles. The number of halogens is 1. The molecule has 2 saturated carbocycles. The maximum atomic E-state index is 5.99. The molecular formula is C15H15ClN2O. The van der Waals surface area contributed by atoms with E-state index in [0.717, 1.165) is 33.7 Å². The van der Waals surface area contributed by atoms with Crippen LogP contribution in [-0.4, -0.2) is 5.16 Å². The first-order valence-electron chi connectivity index (χ1n) is 6.76. The second-order valence-corrected chi connectivity index (χ2v) is 6.03. The third kappa shape index (κ3) is 1.68. The first kappa shape index (κ1) is 11.4. The van der Waals surface area contributed by atoms with Crippen molar-refractivity contribution >= 4 is 17.4 Å². The smallest absolute Gasteiger partial charge is 0.175 e. The predicted octanol–water partition coefficient (Wildman–Crippen LogP) is 4.09. The normalized spacial score (nSPS) is 28.4. The number of aromatic nitrogens is 1. The molecule has 2 aliphatic rings. The minimum Gasteiger partial charge on any atom is -0.380 e. The molecule has 4 heteroatoms. The Morgan fingerprint density at radius 2 is 1.84 bits per heavy atom. The Balaban J connectivity index is 1.75. The molecule has 2 N–H and O–H groups in total. The van der Waals surface area contributed by atoms with E-state index in [1.165, 1.54) is 19.3 Å². The Bertz CT molecular complexity index is 610. The van der Waals surface area contributed by atoms with Gasteiger partial charge in [0.2, 0.25) is 0 Å². The number of hydrogen-bond acceptors (Lipinski definition) is 3. The Hall–Kier alpha value is -1.48. The molecule has 2 atom stereocenters. The van der Waals surface area contributed by atoms with E-state index in [4.69, 9.17) is 21.9 Å². The maximum Gasteiger partial charge on any atom is 0.175 e. The average molecular weight is 275 g/mol. The molecule has 3 nitrogen and oxygen atoms in total. The molecule has 1 aromatic heterocycles. The van der Waals surface area contributed by atoms with Crippen LogP contribution < -0.4 is 5.73 Å². The average Bonchev–Trinajstić information content (AvgIpc) is 2.78. The van der Waals surface area contributed by atoms with E-state index in [2.05, 4.69) is 5.16 Å². The van der Waals surface area contributed by atoms with E-state index >= 15 is 0 Å². The molecule has 0 radical (unpaired) electrons. The lowest BCUT2D eigenvalue weighted by Crippen LogP contribution is -1.92. The molecule has 0 aliphatic heterocycles. The fraction of sp³-hybridized carbons (Fsp3) is 0.400. The zero-order valence-electron chi connectivity index (χ0n) is 10.5. The van der Waals surface area contributed by atoms with Crippen molar-refractivity contribution in [3.8, 4) is 11.1 Å². The minimum absolute atomic E-state index is 0.488. The highest BCUT2D eigenvalue weighted by Gasteiger charge is 2.56. The van der Waals surface area contributed by atoms with Crippen LogP contribution in [-0.2, 0) is 0 Å². The summed E-state index contributed by atoms with van der Waals surface area (Å²) in [5.74, 6) is 3.58. The predicted molar refractivity (Wildman–Crippen MR) is 74.9 cm³/mol. The number of hydrogen-bond donors (Lipinski definition) is 1. The molecule has 0 amide bonds. The fourth-order valence-corrected chi connectivity index (χ4v) is 3.79. The number of fused-ring (bicyclic) bond motifs is 1. The van der Waals surface area contributed by atoms with Crippen LogP contribution in [0.25, 0.3) is 11.1 Å². The van der Waals surface area contributed by atoms with Crippen LogP contribution in [0.15, 0.2) is 28.8 Å². The van der Waals surface area contributed by atoms with Crippen LogP contribution in [0.5, 0.6) is 0 Å². The summed E-state index contributed by atoms with van der Waals surface area (Å²) in [4.78, 5) is 0. The van der Waals surface area contributed by atoms with Gasteiger partial charge < -0.3 is 10.3 Å². The zero-order chi connectivity index (χ0) is 13.0. The van der Waals surface area contributed by atoms with Gasteiger partial charge in [0.1, 0.15) is 5.76 Å². The third-order valence-electron chi connectivity index (χ3n) is 4.59. The lowest BCUT2D eigenvalue weighted by atomic mass is 10.0. The van der Waals surface area contributed by atoms with Crippen molar-refractivity contribution in [3.05, 3.63) is 35.0 Å². The van der Waals surface area contributed by atoms with Gasteiger partial charge in [-0.05, 0) is 42.4 Å². The quantitative estimate of drug-likeness (QED) is 0.897. The van der Waals surface area contributed by atoms with Gasteiger partial charge in [0.05, 0.1) is 5.56 Å². The van der Waals surface area contributed by atoms with Crippen molar-refractivity contribution in [1.82, 2.24) is 5.16 Å². The summed E-state index contributed by atoms with van der Waals surface area (Å²) in [5.41, 5.74) is 8.00. The lowest BCUT2D eigenvalue weighted by Gasteiger charge is -2.04. The van der Waals surface area contributed by atoms with Crippen LogP contribution in [0, 0.1) is 11.8 Å². The van der Waals surface area contributed by atoms with Crippen molar-refractivity contribution in [2.75, 3.05) is 5.73 Å². The van der Waals surface area contributed by atoms with Gasteiger partial charge in [0.25, 0.3) is 0 Å². The molecule has 98 valence electrons. The van der Waals surface area contributed by atoms with Crippen LogP contribution in [0.1, 0.15) is 30.9 Å². The van der Waals surface area contributed by atoms with Crippen molar-refractivity contribution in [2.24, 2.45) is 11.8 Å². The van der Waals surface area contributed by atoms with Crippen LogP contribution >= 0.6 is 11.6 Å². The van der Waals surface area contributed by atoms with Crippen LogP contribution in [0.4, 0.5) is 5.82 Å². The molecular weight excluding hydrogens is 260 g/mol. The topological polar surface area (TPSA) is 52.0 Å². The molecule has 0 saturated heterocycles. The summed E-state index contributed by atoms with van der Waals surface area (Å²) in [6.07, 6.45) is 3.98. The van der Waals surface area contributed by atoms with Crippen LogP contribution in [0.3, 0.4) is 0 Å². The van der Waals surface area contributed by atoms with Gasteiger partial charge in [-0.3, -0.25) is 0 Å². The number of nitrogen functional groups attached to an aromatic ring is 1. The van der Waals surface area contributed by atoms with E-state index in [1.807, 2.05) is 24.3 Å². The number of benzene rings is 1. The highest BCUT2D eigenvalue weighted by atomic mass is 35.5. The van der Waals surface area contributed by atoms with Crippen molar-refractivity contribution in [3.63, 3.8) is 0 Å². The van der Waals surface area contributed by atoms with E-state index in [1.54, 1.807) is 0 Å². The second-order valence-electron chi connectivity index (χ2n) is 5.60. The lowest BCUT2D eigenvalue weighted by molar-refractivity contribution is 0.376. The summed E-state index contributed by atoms with van der Waals surface area (Å²) in [5, 5.41) is 4.70. The monoisotopic (exact) mass is 274 g/mol. The summed E-state index contributed by atoms with van der Waals surface area (Å²) in [7, 11) is 0. The SMILES string of the molecule is Nc1noc(C2C3CCCC32)c1-c1ccc(Cl)cc1. The number of nitrogens with two attached hydrogens (primary N) is 1. The van der Waals surface area contributed by atoms with Gasteiger partial charge in [0, 0.05) is 10.9 Å². The Kier molecular flexibility index (Phi) is 2.39. The Labute approximate surface area is 116 Å². The molecule has 2 fully saturated rings. The summed E-state index contributed by atoms with van der Waals surface area (Å²) in [6.45, 7) is 0. The van der Waals surface area contributed by atoms with Gasteiger partial charge in [-0.2, -0.15) is 0 Å². The van der Waals surface area contributed by atoms with Gasteiger partial charge in [-0.15, -0.1) is 0 Å². The van der Waals surface area contributed by atoms with Crippen molar-refractivity contribution in [1.29, 1.82) is 0 Å².